The summed E-state index contributed by atoms with van der Waals surface area (Å²) in [6, 6.07) is 0. The lowest BCUT2D eigenvalue weighted by Gasteiger charge is -2.22. The average Bonchev–Trinajstić information content (AvgIpc) is 3.17. The van der Waals surface area contributed by atoms with Crippen LogP contribution in [0.1, 0.15) is 25.3 Å². The van der Waals surface area contributed by atoms with Gasteiger partial charge in [-0.3, -0.25) is 4.79 Å². The van der Waals surface area contributed by atoms with E-state index in [-0.39, 0.29) is 5.91 Å². The number of ether oxygens (including phenoxy) is 1. The van der Waals surface area contributed by atoms with Crippen molar-refractivity contribution in [2.75, 3.05) is 44.3 Å². The van der Waals surface area contributed by atoms with E-state index < -0.39 is 11.7 Å². The Hall–Kier alpha value is -1.90. The van der Waals surface area contributed by atoms with Crippen LogP contribution in [0.25, 0.3) is 0 Å². The second kappa shape index (κ2) is 7.77. The van der Waals surface area contributed by atoms with Crippen LogP contribution in [0.5, 0.6) is 0 Å². The van der Waals surface area contributed by atoms with E-state index in [2.05, 4.69) is 9.97 Å². The van der Waals surface area contributed by atoms with Gasteiger partial charge in [-0.05, 0) is 6.42 Å². The van der Waals surface area contributed by atoms with Crippen molar-refractivity contribution in [2.24, 2.45) is 11.8 Å². The summed E-state index contributed by atoms with van der Waals surface area (Å²) in [7, 11) is 0. The molecule has 0 aromatic carbocycles. The quantitative estimate of drug-likeness (QED) is 0.717. The maximum Gasteiger partial charge on any atom is 0.419 e. The molecule has 26 heavy (non-hydrogen) atoms. The summed E-state index contributed by atoms with van der Waals surface area (Å²) in [5.41, 5.74) is -0.845. The molecule has 0 aliphatic carbocycles. The molecule has 2 atom stereocenters. The number of hydrogen-bond acceptors (Lipinski definition) is 5. The highest BCUT2D eigenvalue weighted by molar-refractivity contribution is 5.76. The molecule has 0 saturated carbocycles. The van der Waals surface area contributed by atoms with Gasteiger partial charge in [0.2, 0.25) is 11.9 Å². The second-order valence-electron chi connectivity index (χ2n) is 6.86. The van der Waals surface area contributed by atoms with Crippen molar-refractivity contribution < 1.29 is 22.7 Å². The fourth-order valence-electron chi connectivity index (χ4n) is 3.55. The van der Waals surface area contributed by atoms with E-state index in [9.17, 15) is 18.0 Å². The van der Waals surface area contributed by atoms with Crippen LogP contribution in [0.4, 0.5) is 19.1 Å². The Balaban J connectivity index is 1.50. The molecule has 1 aromatic rings. The SMILES string of the molecule is CCCOCCC(=O)N1C[C@@H]2CN(c3ncc(C(F)(F)F)cn3)C[C@@H]2C1. The zero-order valence-electron chi connectivity index (χ0n) is 14.7. The summed E-state index contributed by atoms with van der Waals surface area (Å²) in [5.74, 6) is 1.04. The smallest absolute Gasteiger partial charge is 0.381 e. The monoisotopic (exact) mass is 372 g/mol. The Morgan fingerprint density at radius 1 is 1.15 bits per heavy atom. The number of amides is 1. The number of fused-ring (bicyclic) bond motifs is 1. The predicted octanol–water partition coefficient (Wildman–Crippen LogP) is 2.21. The Labute approximate surface area is 150 Å². The van der Waals surface area contributed by atoms with Gasteiger partial charge in [0, 0.05) is 57.0 Å². The topological polar surface area (TPSA) is 58.6 Å². The Kier molecular flexibility index (Phi) is 5.64. The van der Waals surface area contributed by atoms with Gasteiger partial charge in [-0.1, -0.05) is 6.92 Å². The van der Waals surface area contributed by atoms with Gasteiger partial charge in [-0.15, -0.1) is 0 Å². The molecule has 0 unspecified atom stereocenters. The summed E-state index contributed by atoms with van der Waals surface area (Å²) in [4.78, 5) is 23.7. The van der Waals surface area contributed by atoms with Crippen LogP contribution in [0.2, 0.25) is 0 Å². The molecule has 1 amide bonds. The lowest BCUT2D eigenvalue weighted by molar-refractivity contribution is -0.138. The van der Waals surface area contributed by atoms with Crippen LogP contribution in [-0.4, -0.2) is 60.2 Å². The Bertz CT molecular complexity index is 609. The van der Waals surface area contributed by atoms with Gasteiger partial charge in [0.15, 0.2) is 0 Å². The number of alkyl halides is 3. The molecular formula is C17H23F3N4O2. The fraction of sp³-hybridized carbons (Fsp3) is 0.706. The van der Waals surface area contributed by atoms with E-state index in [4.69, 9.17) is 4.74 Å². The summed E-state index contributed by atoms with van der Waals surface area (Å²) >= 11 is 0. The van der Waals surface area contributed by atoms with Gasteiger partial charge in [0.25, 0.3) is 0 Å². The molecule has 144 valence electrons. The maximum atomic E-state index is 12.6. The zero-order chi connectivity index (χ0) is 18.7. The average molecular weight is 372 g/mol. The summed E-state index contributed by atoms with van der Waals surface area (Å²) in [6.07, 6.45) is -1.46. The van der Waals surface area contributed by atoms with Gasteiger partial charge in [0.05, 0.1) is 18.6 Å². The van der Waals surface area contributed by atoms with Crippen LogP contribution in [0, 0.1) is 11.8 Å². The first kappa shape index (κ1) is 18.9. The molecule has 3 heterocycles. The molecule has 9 heteroatoms. The van der Waals surface area contributed by atoms with Crippen molar-refractivity contribution in [3.8, 4) is 0 Å². The third-order valence-corrected chi connectivity index (χ3v) is 4.90. The van der Waals surface area contributed by atoms with Crippen molar-refractivity contribution in [1.82, 2.24) is 14.9 Å². The number of halogens is 3. The fourth-order valence-corrected chi connectivity index (χ4v) is 3.55. The first-order valence-corrected chi connectivity index (χ1v) is 8.88. The van der Waals surface area contributed by atoms with Crippen LogP contribution < -0.4 is 4.90 Å². The number of nitrogens with zero attached hydrogens (tertiary/aromatic N) is 4. The predicted molar refractivity (Wildman–Crippen MR) is 88.5 cm³/mol. The molecule has 3 rings (SSSR count). The van der Waals surface area contributed by atoms with Crippen molar-refractivity contribution in [3.05, 3.63) is 18.0 Å². The van der Waals surface area contributed by atoms with Crippen molar-refractivity contribution >= 4 is 11.9 Å². The van der Waals surface area contributed by atoms with E-state index >= 15 is 0 Å². The number of carbonyl (C=O) groups is 1. The van der Waals surface area contributed by atoms with Gasteiger partial charge in [-0.25, -0.2) is 9.97 Å². The number of anilines is 1. The number of likely N-dealkylation sites (tertiary alicyclic amines) is 1. The molecule has 2 aliphatic heterocycles. The number of aromatic nitrogens is 2. The van der Waals surface area contributed by atoms with Gasteiger partial charge < -0.3 is 14.5 Å². The van der Waals surface area contributed by atoms with Crippen molar-refractivity contribution in [2.45, 2.75) is 25.9 Å². The minimum Gasteiger partial charge on any atom is -0.381 e. The minimum absolute atomic E-state index is 0.104. The van der Waals surface area contributed by atoms with E-state index in [1.54, 1.807) is 0 Å². The highest BCUT2D eigenvalue weighted by Crippen LogP contribution is 2.34. The summed E-state index contributed by atoms with van der Waals surface area (Å²) < 4.78 is 43.1. The van der Waals surface area contributed by atoms with Crippen LogP contribution in [0.15, 0.2) is 12.4 Å². The molecule has 1 aromatic heterocycles. The highest BCUT2D eigenvalue weighted by atomic mass is 19.4. The molecule has 2 aliphatic rings. The minimum atomic E-state index is -4.43. The lowest BCUT2D eigenvalue weighted by Crippen LogP contribution is -2.34. The molecule has 0 N–H and O–H groups in total. The highest BCUT2D eigenvalue weighted by Gasteiger charge is 2.42. The largest absolute Gasteiger partial charge is 0.419 e. The van der Waals surface area contributed by atoms with Gasteiger partial charge >= 0.3 is 6.18 Å². The number of rotatable bonds is 6. The van der Waals surface area contributed by atoms with Gasteiger partial charge in [0.1, 0.15) is 0 Å². The molecule has 2 fully saturated rings. The first-order valence-electron chi connectivity index (χ1n) is 8.88. The standard InChI is InChI=1S/C17H23F3N4O2/c1-2-4-26-5-3-15(25)23-8-12-10-24(11-13(12)9-23)16-21-6-14(7-22-16)17(18,19)20/h6-7,12-13H,2-5,8-11H2,1H3/t12-,13+. The summed E-state index contributed by atoms with van der Waals surface area (Å²) in [5, 5.41) is 0. The van der Waals surface area contributed by atoms with Crippen LogP contribution in [-0.2, 0) is 15.7 Å². The normalized spacial score (nSPS) is 22.8. The molecule has 0 bridgehead atoms. The molecule has 6 nitrogen and oxygen atoms in total. The Morgan fingerprint density at radius 2 is 1.77 bits per heavy atom. The Morgan fingerprint density at radius 3 is 2.31 bits per heavy atom. The molecule has 0 spiro atoms. The first-order chi connectivity index (χ1) is 12.4. The number of hydrogen-bond donors (Lipinski definition) is 0. The molecule has 2 saturated heterocycles. The maximum absolute atomic E-state index is 12.6. The summed E-state index contributed by atoms with van der Waals surface area (Å²) in [6.45, 7) is 5.81. The van der Waals surface area contributed by atoms with E-state index in [0.29, 0.717) is 63.6 Å². The third-order valence-electron chi connectivity index (χ3n) is 4.90. The zero-order valence-corrected chi connectivity index (χ0v) is 14.7. The van der Waals surface area contributed by atoms with Crippen molar-refractivity contribution in [1.29, 1.82) is 0 Å². The molecular weight excluding hydrogens is 349 g/mol. The van der Waals surface area contributed by atoms with E-state index in [0.717, 1.165) is 18.8 Å². The van der Waals surface area contributed by atoms with E-state index in [1.807, 2.05) is 16.7 Å². The van der Waals surface area contributed by atoms with Crippen LogP contribution >= 0.6 is 0 Å². The van der Waals surface area contributed by atoms with Gasteiger partial charge in [-0.2, -0.15) is 13.2 Å². The molecule has 0 radical (unpaired) electrons. The van der Waals surface area contributed by atoms with Crippen LogP contribution in [0.3, 0.4) is 0 Å². The van der Waals surface area contributed by atoms with E-state index in [1.165, 1.54) is 0 Å². The third kappa shape index (κ3) is 4.25. The number of carbonyl (C=O) groups excluding carboxylic acids is 1. The lowest BCUT2D eigenvalue weighted by atomic mass is 10.0. The second-order valence-corrected chi connectivity index (χ2v) is 6.86. The van der Waals surface area contributed by atoms with Crippen molar-refractivity contribution in [3.63, 3.8) is 0 Å².